The zero-order valence-electron chi connectivity index (χ0n) is 42.8. The highest BCUT2D eigenvalue weighted by atomic mass is 32.1. The van der Waals surface area contributed by atoms with Crippen LogP contribution in [0.2, 0.25) is 0 Å². The molecule has 4 atom stereocenters. The van der Waals surface area contributed by atoms with Gasteiger partial charge < -0.3 is 35.6 Å². The highest BCUT2D eigenvalue weighted by molar-refractivity contribution is 7.18. The minimum Gasteiger partial charge on any atom is -0.444 e. The Kier molecular flexibility index (Phi) is 15.3. The molecule has 0 spiro atoms. The van der Waals surface area contributed by atoms with E-state index in [0.29, 0.717) is 53.5 Å². The zero-order chi connectivity index (χ0) is 52.9. The number of para-hydroxylation sites is 4. The molecule has 2 aromatic carbocycles. The number of aromatic nitrogens is 12. The molecule has 10 heterocycles. The maximum absolute atomic E-state index is 14.1. The summed E-state index contributed by atoms with van der Waals surface area (Å²) >= 11 is 3.06. The fraction of sp³-hybridized carbons (Fsp3) is 0.364. The van der Waals surface area contributed by atoms with Crippen LogP contribution >= 0.6 is 22.7 Å². The predicted molar refractivity (Wildman–Crippen MR) is 295 cm³/mol. The van der Waals surface area contributed by atoms with Crippen molar-refractivity contribution in [3.8, 4) is 0 Å². The number of nitrogens with one attached hydrogen (secondary N) is 5. The third kappa shape index (κ3) is 12.5. The molecule has 2 saturated heterocycles. The van der Waals surface area contributed by atoms with Crippen LogP contribution in [-0.4, -0.2) is 101 Å². The van der Waals surface area contributed by atoms with Gasteiger partial charge in [-0.2, -0.15) is 0 Å². The fourth-order valence-corrected chi connectivity index (χ4v) is 12.1. The number of anilines is 2. The highest BCUT2D eigenvalue weighted by Crippen LogP contribution is 2.33. The maximum atomic E-state index is 14.1. The van der Waals surface area contributed by atoms with Gasteiger partial charge in [0.15, 0.2) is 11.6 Å². The molecule has 0 saturated carbocycles. The summed E-state index contributed by atoms with van der Waals surface area (Å²) in [6.07, 6.45) is 14.8. The van der Waals surface area contributed by atoms with Crippen molar-refractivity contribution in [2.45, 2.75) is 128 Å². The number of carbonyl (C=O) groups is 1. The molecule has 77 heavy (non-hydrogen) atoms. The van der Waals surface area contributed by atoms with Gasteiger partial charge in [0.2, 0.25) is 0 Å². The molecular formula is C55H58F2N16O2S2. The molecule has 10 aromatic rings. The van der Waals surface area contributed by atoms with Gasteiger partial charge in [0.25, 0.3) is 0 Å². The van der Waals surface area contributed by atoms with E-state index in [1.54, 1.807) is 35.9 Å². The summed E-state index contributed by atoms with van der Waals surface area (Å²) in [5, 5.41) is 12.0. The number of likely N-dealkylation sites (tertiary alicyclic amines) is 1. The number of halogens is 2. The van der Waals surface area contributed by atoms with Gasteiger partial charge >= 0.3 is 6.09 Å². The first-order valence-corrected chi connectivity index (χ1v) is 27.6. The third-order valence-electron chi connectivity index (χ3n) is 13.6. The van der Waals surface area contributed by atoms with Crippen LogP contribution in [0.25, 0.3) is 42.8 Å². The highest BCUT2D eigenvalue weighted by Gasteiger charge is 2.38. The first-order valence-electron chi connectivity index (χ1n) is 26.0. The Morgan fingerprint density at radius 2 is 1.13 bits per heavy atom. The number of carbonyl (C=O) groups excluding carboxylic acids is 1. The van der Waals surface area contributed by atoms with E-state index in [1.165, 1.54) is 42.5 Å². The molecule has 0 bridgehead atoms. The molecule has 8 aromatic heterocycles. The van der Waals surface area contributed by atoms with Crippen molar-refractivity contribution in [2.75, 3.05) is 10.6 Å². The molecule has 2 aliphatic rings. The summed E-state index contributed by atoms with van der Waals surface area (Å²) in [6.45, 7) is 6.06. The summed E-state index contributed by atoms with van der Waals surface area (Å²) in [6, 6.07) is 22.6. The van der Waals surface area contributed by atoms with Crippen LogP contribution in [-0.2, 0) is 43.5 Å². The van der Waals surface area contributed by atoms with Crippen molar-refractivity contribution in [1.82, 2.24) is 70.0 Å². The Hall–Kier alpha value is -7.69. The van der Waals surface area contributed by atoms with E-state index < -0.39 is 5.60 Å². The van der Waals surface area contributed by atoms with Gasteiger partial charge in [0.05, 0.1) is 56.6 Å². The summed E-state index contributed by atoms with van der Waals surface area (Å²) in [4.78, 5) is 68.9. The molecule has 0 radical (unpaired) electrons. The summed E-state index contributed by atoms with van der Waals surface area (Å²) in [5.41, 5.74) is 5.35. The number of nitrogens with zero attached hydrogens (tertiary/aromatic N) is 11. The van der Waals surface area contributed by atoms with Gasteiger partial charge in [0, 0.05) is 62.2 Å². The van der Waals surface area contributed by atoms with Gasteiger partial charge in [-0.25, -0.2) is 53.4 Å². The number of fused-ring (bicyclic) bond motifs is 4. The topological polar surface area (TPSA) is 226 Å². The number of rotatable bonds is 14. The SMILES string of the molecule is CC(C)(C)OC(=O)N1C(Cc2nc3ccccc3[nH]2)CCCC1Cc1nc2c(NCc3ncccc3F)ncnc2s1.Fc1cccnc1CNc1ncnc2sc(CC3CCCC(Cc4nc5ccccc5[nH]4)N3)nc12. The maximum Gasteiger partial charge on any atom is 0.410 e. The predicted octanol–water partition coefficient (Wildman–Crippen LogP) is 10.5. The summed E-state index contributed by atoms with van der Waals surface area (Å²) < 4.78 is 33.9. The van der Waals surface area contributed by atoms with Crippen LogP contribution in [0.4, 0.5) is 25.2 Å². The number of H-pyrrole nitrogens is 2. The number of imidazole rings is 2. The Balaban J connectivity index is 0.000000166. The number of hydrogen-bond acceptors (Lipinski definition) is 17. The number of benzene rings is 2. The second-order valence-corrected chi connectivity index (χ2v) is 22.5. The number of hydrogen-bond donors (Lipinski definition) is 5. The average Bonchev–Trinajstić information content (AvgIpc) is 4.27. The van der Waals surface area contributed by atoms with E-state index in [0.717, 1.165) is 104 Å². The number of pyridine rings is 2. The lowest BCUT2D eigenvalue weighted by Crippen LogP contribution is -2.53. The number of ether oxygens (including phenoxy) is 1. The van der Waals surface area contributed by atoms with Crippen molar-refractivity contribution < 1.29 is 18.3 Å². The summed E-state index contributed by atoms with van der Waals surface area (Å²) in [5.74, 6) is 2.27. The Labute approximate surface area is 450 Å². The summed E-state index contributed by atoms with van der Waals surface area (Å²) in [7, 11) is 0. The van der Waals surface area contributed by atoms with E-state index in [-0.39, 0.29) is 42.9 Å². The van der Waals surface area contributed by atoms with Crippen molar-refractivity contribution in [2.24, 2.45) is 0 Å². The van der Waals surface area contributed by atoms with Crippen molar-refractivity contribution in [3.05, 3.63) is 143 Å². The largest absolute Gasteiger partial charge is 0.444 e. The van der Waals surface area contributed by atoms with Gasteiger partial charge in [-0.05, 0) is 101 Å². The Morgan fingerprint density at radius 1 is 0.623 bits per heavy atom. The normalized spacial score (nSPS) is 17.9. The first kappa shape index (κ1) is 51.4. The van der Waals surface area contributed by atoms with E-state index in [9.17, 15) is 13.6 Å². The molecule has 12 rings (SSSR count). The Morgan fingerprint density at radius 3 is 1.68 bits per heavy atom. The molecule has 18 nitrogen and oxygen atoms in total. The lowest BCUT2D eigenvalue weighted by Gasteiger charge is -2.42. The van der Waals surface area contributed by atoms with Crippen molar-refractivity contribution in [1.29, 1.82) is 0 Å². The van der Waals surface area contributed by atoms with E-state index in [4.69, 9.17) is 24.7 Å². The fourth-order valence-electron chi connectivity index (χ4n) is 10.1. The monoisotopic (exact) mass is 1080 g/mol. The van der Waals surface area contributed by atoms with Crippen molar-refractivity contribution >= 4 is 83.2 Å². The molecular weight excluding hydrogens is 1020 g/mol. The van der Waals surface area contributed by atoms with Gasteiger partial charge in [-0.1, -0.05) is 53.4 Å². The number of amides is 1. The van der Waals surface area contributed by atoms with Crippen LogP contribution in [0.15, 0.2) is 97.8 Å². The number of piperidine rings is 2. The molecule has 22 heteroatoms. The van der Waals surface area contributed by atoms with Gasteiger partial charge in [0.1, 0.15) is 62.2 Å². The van der Waals surface area contributed by atoms with E-state index >= 15 is 0 Å². The van der Waals surface area contributed by atoms with Crippen molar-refractivity contribution in [3.63, 3.8) is 0 Å². The quantitative estimate of drug-likeness (QED) is 0.0683. The minimum atomic E-state index is -0.623. The smallest absolute Gasteiger partial charge is 0.410 e. The molecule has 0 aliphatic carbocycles. The number of thiazole rings is 2. The van der Waals surface area contributed by atoms with Crippen LogP contribution in [0.5, 0.6) is 0 Å². The van der Waals surface area contributed by atoms with Gasteiger partial charge in [-0.15, -0.1) is 0 Å². The first-order chi connectivity index (χ1) is 37.4. The van der Waals surface area contributed by atoms with Crippen LogP contribution in [0, 0.1) is 11.6 Å². The average molecular weight is 1080 g/mol. The van der Waals surface area contributed by atoms with E-state index in [1.807, 2.05) is 68.1 Å². The minimum absolute atomic E-state index is 0.0705. The zero-order valence-corrected chi connectivity index (χ0v) is 44.5. The molecule has 2 aliphatic heterocycles. The van der Waals surface area contributed by atoms with Crippen LogP contribution < -0.4 is 16.0 Å². The number of aromatic amines is 2. The molecule has 1 amide bonds. The molecule has 4 unspecified atom stereocenters. The van der Waals surface area contributed by atoms with Gasteiger partial charge in [-0.3, -0.25) is 9.97 Å². The standard InChI is InChI=1S/C30H33FN8O2S.C25H25FN8S/c1-30(2,3)41-29(40)39-18(14-24-36-21-11-4-5-12-22(21)37-24)8-6-9-19(39)15-25-38-26-27(34-17-35-28(26)42-25)33-16-23-20(31)10-7-13-32-23;26-17-7-4-10-27-20(17)13-28-24-23-25(30-14-29-24)35-22(34-23)12-16-6-3-5-15(31-16)11-21-32-18-8-1-2-9-19(18)33-21/h4-5,7,10-13,17-19H,6,8-9,14-16H2,1-3H3,(H,36,37)(H,33,34,35);1-2,4,7-10,14-16,31H,3,5-6,11-13H2,(H,32,33)(H,28,29,30). The van der Waals surface area contributed by atoms with Crippen LogP contribution in [0.1, 0.15) is 92.3 Å². The van der Waals surface area contributed by atoms with Crippen LogP contribution in [0.3, 0.4) is 0 Å². The second kappa shape index (κ2) is 22.9. The molecule has 396 valence electrons. The molecule has 2 fully saturated rings. The Bertz CT molecular complexity index is 3590. The third-order valence-corrected chi connectivity index (χ3v) is 15.6. The molecule has 5 N–H and O–H groups in total. The lowest BCUT2D eigenvalue weighted by atomic mass is 9.92. The second-order valence-electron chi connectivity index (χ2n) is 20.4. The lowest BCUT2D eigenvalue weighted by molar-refractivity contribution is -0.00557. The van der Waals surface area contributed by atoms with E-state index in [2.05, 4.69) is 61.9 Å².